The number of hydrogen-bond donors (Lipinski definition) is 0. The van der Waals surface area contributed by atoms with E-state index in [0.717, 1.165) is 12.7 Å². The average molecular weight is 358 g/mol. The molecule has 6 heteroatoms. The summed E-state index contributed by atoms with van der Waals surface area (Å²) in [4.78, 5) is 14.8. The van der Waals surface area contributed by atoms with Crippen LogP contribution in [0.3, 0.4) is 0 Å². The lowest BCUT2D eigenvalue weighted by molar-refractivity contribution is 0.0734. The molecule has 0 saturated carbocycles. The normalized spacial score (nSPS) is 14.1. The number of sulfonamides is 1. The largest absolute Gasteiger partial charge is 0.334 e. The van der Waals surface area contributed by atoms with E-state index in [1.165, 1.54) is 22.5 Å². The lowest BCUT2D eigenvalue weighted by Crippen LogP contribution is -2.36. The number of carbonyl (C=O) groups excluding carboxylic acids is 1. The van der Waals surface area contributed by atoms with Gasteiger partial charge in [0.1, 0.15) is 0 Å². The molecule has 0 atom stereocenters. The van der Waals surface area contributed by atoms with E-state index in [1.807, 2.05) is 17.0 Å². The van der Waals surface area contributed by atoms with Gasteiger partial charge in [-0.05, 0) is 42.2 Å². The maximum Gasteiger partial charge on any atom is 0.254 e. The summed E-state index contributed by atoms with van der Waals surface area (Å²) < 4.78 is 24.9. The van der Waals surface area contributed by atoms with Crippen LogP contribution in [0, 0.1) is 6.92 Å². The SMILES string of the molecule is Cc1c(C(=O)N2CCc3ccccc3C2)cccc1N(C)S(C)(=O)=O. The van der Waals surface area contributed by atoms with E-state index in [-0.39, 0.29) is 5.91 Å². The molecule has 1 aliphatic rings. The van der Waals surface area contributed by atoms with Crippen LogP contribution in [0.2, 0.25) is 0 Å². The van der Waals surface area contributed by atoms with Gasteiger partial charge < -0.3 is 4.90 Å². The summed E-state index contributed by atoms with van der Waals surface area (Å²) in [6, 6.07) is 13.4. The van der Waals surface area contributed by atoms with Gasteiger partial charge in [0.25, 0.3) is 5.91 Å². The van der Waals surface area contributed by atoms with Gasteiger partial charge in [-0.3, -0.25) is 9.10 Å². The van der Waals surface area contributed by atoms with Crippen LogP contribution in [0.5, 0.6) is 0 Å². The van der Waals surface area contributed by atoms with Crippen LogP contribution in [0.4, 0.5) is 5.69 Å². The zero-order valence-corrected chi connectivity index (χ0v) is 15.5. The fourth-order valence-corrected chi connectivity index (χ4v) is 3.77. The van der Waals surface area contributed by atoms with Gasteiger partial charge in [0.05, 0.1) is 11.9 Å². The Balaban J connectivity index is 1.91. The highest BCUT2D eigenvalue weighted by Gasteiger charge is 2.24. The van der Waals surface area contributed by atoms with E-state index < -0.39 is 10.0 Å². The van der Waals surface area contributed by atoms with Gasteiger partial charge in [-0.2, -0.15) is 0 Å². The standard InChI is InChI=1S/C19H22N2O3S/c1-14-17(9-6-10-18(14)20(2)25(3,23)24)19(22)21-12-11-15-7-4-5-8-16(15)13-21/h4-10H,11-13H2,1-3H3. The molecule has 0 spiro atoms. The first-order valence-corrected chi connectivity index (χ1v) is 10.0. The molecular formula is C19H22N2O3S. The molecule has 132 valence electrons. The molecule has 0 aliphatic carbocycles. The molecule has 25 heavy (non-hydrogen) atoms. The number of amides is 1. The van der Waals surface area contributed by atoms with Gasteiger partial charge in [-0.1, -0.05) is 30.3 Å². The molecular weight excluding hydrogens is 336 g/mol. The second kappa shape index (κ2) is 6.52. The number of benzene rings is 2. The summed E-state index contributed by atoms with van der Waals surface area (Å²) in [5, 5.41) is 0. The Labute approximate surface area is 148 Å². The number of carbonyl (C=O) groups is 1. The lowest BCUT2D eigenvalue weighted by atomic mass is 9.98. The van der Waals surface area contributed by atoms with Crippen LogP contribution in [0.25, 0.3) is 0 Å². The minimum absolute atomic E-state index is 0.0595. The van der Waals surface area contributed by atoms with Crippen LogP contribution in [0.15, 0.2) is 42.5 Å². The monoisotopic (exact) mass is 358 g/mol. The van der Waals surface area contributed by atoms with E-state index in [9.17, 15) is 13.2 Å². The number of fused-ring (bicyclic) bond motifs is 1. The van der Waals surface area contributed by atoms with E-state index in [4.69, 9.17) is 0 Å². The van der Waals surface area contributed by atoms with Crippen molar-refractivity contribution in [1.29, 1.82) is 0 Å². The summed E-state index contributed by atoms with van der Waals surface area (Å²) >= 11 is 0. The summed E-state index contributed by atoms with van der Waals surface area (Å²) in [5.74, 6) is -0.0595. The molecule has 2 aromatic rings. The van der Waals surface area contributed by atoms with Crippen molar-refractivity contribution in [2.45, 2.75) is 19.9 Å². The average Bonchev–Trinajstić information content (AvgIpc) is 2.59. The van der Waals surface area contributed by atoms with E-state index in [2.05, 4.69) is 12.1 Å². The van der Waals surface area contributed by atoms with Crippen molar-refractivity contribution in [2.75, 3.05) is 24.2 Å². The van der Waals surface area contributed by atoms with Crippen LogP contribution in [-0.2, 0) is 23.0 Å². The molecule has 0 N–H and O–H groups in total. The molecule has 5 nitrogen and oxygen atoms in total. The maximum atomic E-state index is 13.0. The zero-order chi connectivity index (χ0) is 18.2. The fourth-order valence-electron chi connectivity index (χ4n) is 3.21. The molecule has 0 fully saturated rings. The Kier molecular flexibility index (Phi) is 4.56. The molecule has 0 bridgehead atoms. The Morgan fingerprint density at radius 3 is 2.44 bits per heavy atom. The first kappa shape index (κ1) is 17.5. The molecule has 0 aromatic heterocycles. The Morgan fingerprint density at radius 2 is 1.76 bits per heavy atom. The molecule has 1 amide bonds. The molecule has 1 heterocycles. The third-order valence-electron chi connectivity index (χ3n) is 4.79. The van der Waals surface area contributed by atoms with Gasteiger partial charge >= 0.3 is 0 Å². The maximum absolute atomic E-state index is 13.0. The third-order valence-corrected chi connectivity index (χ3v) is 5.98. The predicted molar refractivity (Wildman–Crippen MR) is 99.3 cm³/mol. The number of hydrogen-bond acceptors (Lipinski definition) is 3. The first-order chi connectivity index (χ1) is 11.8. The van der Waals surface area contributed by atoms with Crippen molar-refractivity contribution in [2.24, 2.45) is 0 Å². The van der Waals surface area contributed by atoms with Crippen molar-refractivity contribution in [3.8, 4) is 0 Å². The second-order valence-corrected chi connectivity index (χ2v) is 8.44. The highest BCUT2D eigenvalue weighted by molar-refractivity contribution is 7.92. The summed E-state index contributed by atoms with van der Waals surface area (Å²) in [6.07, 6.45) is 1.99. The van der Waals surface area contributed by atoms with E-state index in [0.29, 0.717) is 29.9 Å². The van der Waals surface area contributed by atoms with E-state index in [1.54, 1.807) is 25.1 Å². The molecule has 0 unspecified atom stereocenters. The van der Waals surface area contributed by atoms with Crippen LogP contribution in [-0.4, -0.2) is 39.1 Å². The minimum Gasteiger partial charge on any atom is -0.334 e. The molecule has 0 saturated heterocycles. The number of rotatable bonds is 3. The molecule has 2 aromatic carbocycles. The number of nitrogens with zero attached hydrogens (tertiary/aromatic N) is 2. The molecule has 1 aliphatic heterocycles. The Morgan fingerprint density at radius 1 is 1.08 bits per heavy atom. The van der Waals surface area contributed by atoms with Crippen LogP contribution < -0.4 is 4.31 Å². The molecule has 0 radical (unpaired) electrons. The Hall–Kier alpha value is -2.34. The second-order valence-electron chi connectivity index (χ2n) is 6.43. The van der Waals surface area contributed by atoms with Crippen LogP contribution in [0.1, 0.15) is 27.0 Å². The van der Waals surface area contributed by atoms with Crippen molar-refractivity contribution >= 4 is 21.6 Å². The molecule has 3 rings (SSSR count). The summed E-state index contributed by atoms with van der Waals surface area (Å²) in [7, 11) is -1.87. The van der Waals surface area contributed by atoms with Crippen molar-refractivity contribution in [1.82, 2.24) is 4.90 Å². The topological polar surface area (TPSA) is 57.7 Å². The third kappa shape index (κ3) is 3.39. The highest BCUT2D eigenvalue weighted by atomic mass is 32.2. The van der Waals surface area contributed by atoms with Gasteiger partial charge in [0.15, 0.2) is 0 Å². The van der Waals surface area contributed by atoms with E-state index >= 15 is 0 Å². The number of anilines is 1. The minimum atomic E-state index is -3.38. The predicted octanol–water partition coefficient (Wildman–Crippen LogP) is 2.59. The van der Waals surface area contributed by atoms with Crippen molar-refractivity contribution in [3.05, 3.63) is 64.7 Å². The van der Waals surface area contributed by atoms with Crippen LogP contribution >= 0.6 is 0 Å². The van der Waals surface area contributed by atoms with Gasteiger partial charge in [-0.25, -0.2) is 8.42 Å². The quantitative estimate of drug-likeness (QED) is 0.847. The Bertz CT molecular complexity index is 922. The summed E-state index contributed by atoms with van der Waals surface area (Å²) in [6.45, 7) is 3.05. The zero-order valence-electron chi connectivity index (χ0n) is 14.7. The lowest BCUT2D eigenvalue weighted by Gasteiger charge is -2.30. The van der Waals surface area contributed by atoms with Crippen molar-refractivity contribution < 1.29 is 13.2 Å². The van der Waals surface area contributed by atoms with Crippen molar-refractivity contribution in [3.63, 3.8) is 0 Å². The summed E-state index contributed by atoms with van der Waals surface area (Å²) in [5.41, 5.74) is 4.22. The first-order valence-electron chi connectivity index (χ1n) is 8.18. The van der Waals surface area contributed by atoms with Gasteiger partial charge in [0, 0.05) is 25.7 Å². The smallest absolute Gasteiger partial charge is 0.254 e. The van der Waals surface area contributed by atoms with Gasteiger partial charge in [0.2, 0.25) is 10.0 Å². The highest BCUT2D eigenvalue weighted by Crippen LogP contribution is 2.27. The van der Waals surface area contributed by atoms with Gasteiger partial charge in [-0.15, -0.1) is 0 Å². The fraction of sp³-hybridized carbons (Fsp3) is 0.316.